The molecule has 0 saturated heterocycles. The molecule has 0 aliphatic rings. The first-order chi connectivity index (χ1) is 9.56. The van der Waals surface area contributed by atoms with Crippen LogP contribution in [0.2, 0.25) is 5.02 Å². The average molecular weight is 297 g/mol. The summed E-state index contributed by atoms with van der Waals surface area (Å²) in [7, 11) is 1.67. The van der Waals surface area contributed by atoms with Crippen LogP contribution in [0.15, 0.2) is 35.5 Å². The highest BCUT2D eigenvalue weighted by Gasteiger charge is 2.10. The van der Waals surface area contributed by atoms with Crippen molar-refractivity contribution < 1.29 is 4.74 Å². The Kier molecular flexibility index (Phi) is 7.44. The molecule has 1 aromatic rings. The molecule has 0 aliphatic heterocycles. The highest BCUT2D eigenvalue weighted by molar-refractivity contribution is 6.31. The van der Waals surface area contributed by atoms with Gasteiger partial charge in [0.15, 0.2) is 0 Å². The lowest BCUT2D eigenvalue weighted by molar-refractivity contribution is 0.149. The zero-order valence-corrected chi connectivity index (χ0v) is 12.8. The van der Waals surface area contributed by atoms with Crippen LogP contribution >= 0.6 is 11.6 Å². The van der Waals surface area contributed by atoms with Crippen molar-refractivity contribution in [2.45, 2.75) is 13.5 Å². The minimum atomic E-state index is 0.144. The van der Waals surface area contributed by atoms with Crippen LogP contribution in [0.1, 0.15) is 11.1 Å². The lowest BCUT2D eigenvalue weighted by Crippen LogP contribution is -2.29. The number of methoxy groups -OCH3 is 1. The van der Waals surface area contributed by atoms with E-state index in [-0.39, 0.29) is 6.54 Å². The first-order valence-electron chi connectivity index (χ1n) is 6.49. The number of hydrogen-bond donors (Lipinski definition) is 0. The Labute approximate surface area is 125 Å². The van der Waals surface area contributed by atoms with Crippen LogP contribution in [0, 0.1) is 11.8 Å². The molecule has 0 N–H and O–H groups in total. The van der Waals surface area contributed by atoms with Crippen molar-refractivity contribution in [1.29, 1.82) is 0 Å². The van der Waals surface area contributed by atoms with Crippen LogP contribution in [0.3, 0.4) is 0 Å². The zero-order valence-electron chi connectivity index (χ0n) is 12.1. The van der Waals surface area contributed by atoms with Gasteiger partial charge in [0, 0.05) is 31.8 Å². The molecule has 5 heteroatoms. The molecule has 0 saturated carbocycles. The van der Waals surface area contributed by atoms with E-state index in [9.17, 15) is 4.91 Å². The second-order valence-electron chi connectivity index (χ2n) is 4.84. The lowest BCUT2D eigenvalue weighted by atomic mass is 10.1. The molecule has 20 heavy (non-hydrogen) atoms. The summed E-state index contributed by atoms with van der Waals surface area (Å²) in [4.78, 5) is 12.4. The van der Waals surface area contributed by atoms with Gasteiger partial charge < -0.3 is 4.74 Å². The summed E-state index contributed by atoms with van der Waals surface area (Å²) in [6.45, 7) is 8.69. The summed E-state index contributed by atoms with van der Waals surface area (Å²) in [5.41, 5.74) is 2.98. The summed E-state index contributed by atoms with van der Waals surface area (Å²) in [5, 5.41) is 3.63. The van der Waals surface area contributed by atoms with Crippen LogP contribution in [-0.4, -0.2) is 38.3 Å². The van der Waals surface area contributed by atoms with Gasteiger partial charge >= 0.3 is 0 Å². The summed E-state index contributed by atoms with van der Waals surface area (Å²) in [6.07, 6.45) is 0. The Bertz CT molecular complexity index is 463. The van der Waals surface area contributed by atoms with E-state index in [1.54, 1.807) is 7.11 Å². The number of nitrogens with zero attached hydrogens (tertiary/aromatic N) is 2. The molecule has 0 amide bonds. The van der Waals surface area contributed by atoms with Gasteiger partial charge in [0.1, 0.15) is 6.54 Å². The van der Waals surface area contributed by atoms with Crippen LogP contribution < -0.4 is 0 Å². The van der Waals surface area contributed by atoms with E-state index in [1.165, 1.54) is 0 Å². The van der Waals surface area contributed by atoms with Crippen molar-refractivity contribution in [3.05, 3.63) is 51.4 Å². The summed E-state index contributed by atoms with van der Waals surface area (Å²) in [5.74, 6) is 0. The molecule has 0 heterocycles. The van der Waals surface area contributed by atoms with Crippen LogP contribution in [0.4, 0.5) is 0 Å². The fraction of sp³-hybridized carbons (Fsp3) is 0.467. The van der Waals surface area contributed by atoms with E-state index in [0.717, 1.165) is 28.3 Å². The Balaban J connectivity index is 2.72. The van der Waals surface area contributed by atoms with Gasteiger partial charge in [-0.05, 0) is 29.7 Å². The number of aryl methyl sites for hydroxylation is 1. The highest BCUT2D eigenvalue weighted by atomic mass is 35.5. The predicted octanol–water partition coefficient (Wildman–Crippen LogP) is 3.42. The normalized spacial score (nSPS) is 10.8. The maximum absolute atomic E-state index is 10.3. The molecule has 0 fully saturated rings. The Morgan fingerprint density at radius 1 is 1.50 bits per heavy atom. The molecule has 4 nitrogen and oxygen atoms in total. The van der Waals surface area contributed by atoms with Crippen molar-refractivity contribution in [1.82, 2.24) is 4.90 Å². The van der Waals surface area contributed by atoms with Crippen LogP contribution in [0.5, 0.6) is 0 Å². The summed E-state index contributed by atoms with van der Waals surface area (Å²) < 4.78 is 5.11. The maximum Gasteiger partial charge on any atom is 0.103 e. The lowest BCUT2D eigenvalue weighted by Gasteiger charge is -2.23. The third-order valence-corrected chi connectivity index (χ3v) is 3.30. The van der Waals surface area contributed by atoms with Gasteiger partial charge in [-0.1, -0.05) is 35.5 Å². The quantitative estimate of drug-likeness (QED) is 0.518. The van der Waals surface area contributed by atoms with Crippen LogP contribution in [-0.2, 0) is 11.3 Å². The van der Waals surface area contributed by atoms with Crippen molar-refractivity contribution in [3.63, 3.8) is 0 Å². The van der Waals surface area contributed by atoms with Gasteiger partial charge in [-0.3, -0.25) is 4.90 Å². The molecule has 1 aromatic carbocycles. The third-order valence-electron chi connectivity index (χ3n) is 2.95. The van der Waals surface area contributed by atoms with Gasteiger partial charge in [0.2, 0.25) is 0 Å². The third kappa shape index (κ3) is 5.82. The number of rotatable bonds is 9. The molecule has 1 rings (SSSR count). The number of benzene rings is 1. The Morgan fingerprint density at radius 2 is 2.25 bits per heavy atom. The molecule has 110 valence electrons. The second kappa shape index (κ2) is 8.84. The molecular weight excluding hydrogens is 276 g/mol. The van der Waals surface area contributed by atoms with Gasteiger partial charge in [0.05, 0.1) is 6.61 Å². The smallest absolute Gasteiger partial charge is 0.103 e. The molecule has 0 bridgehead atoms. The number of hydrogen-bond acceptors (Lipinski definition) is 4. The van der Waals surface area contributed by atoms with Gasteiger partial charge in [-0.25, -0.2) is 0 Å². The Hall–Kier alpha value is -1.23. The summed E-state index contributed by atoms with van der Waals surface area (Å²) >= 11 is 6.26. The molecule has 0 unspecified atom stereocenters. The first-order valence-corrected chi connectivity index (χ1v) is 6.86. The van der Waals surface area contributed by atoms with E-state index in [2.05, 4.69) is 16.7 Å². The molecule has 0 aliphatic carbocycles. The predicted molar refractivity (Wildman–Crippen MR) is 83.1 cm³/mol. The molecule has 0 radical (unpaired) electrons. The second-order valence-corrected chi connectivity index (χ2v) is 5.24. The maximum atomic E-state index is 10.3. The van der Waals surface area contributed by atoms with Crippen LogP contribution in [0.25, 0.3) is 0 Å². The minimum absolute atomic E-state index is 0.144. The SMILES string of the molecule is C=C(CN=O)CN(CCOC)Cc1ccc(C)cc1Cl. The average Bonchev–Trinajstić information content (AvgIpc) is 2.39. The van der Waals surface area contributed by atoms with Crippen molar-refractivity contribution in [3.8, 4) is 0 Å². The van der Waals surface area contributed by atoms with Crippen molar-refractivity contribution in [2.75, 3.05) is 33.4 Å². The highest BCUT2D eigenvalue weighted by Crippen LogP contribution is 2.19. The van der Waals surface area contributed by atoms with E-state index in [0.29, 0.717) is 19.7 Å². The van der Waals surface area contributed by atoms with E-state index in [1.807, 2.05) is 25.1 Å². The summed E-state index contributed by atoms with van der Waals surface area (Å²) in [6, 6.07) is 6.02. The molecule has 0 spiro atoms. The topological polar surface area (TPSA) is 41.9 Å². The number of ether oxygens (including phenoxy) is 1. The minimum Gasteiger partial charge on any atom is -0.383 e. The standard InChI is InChI=1S/C15H21ClN2O2/c1-12-4-5-14(15(16)8-12)11-18(6-7-20-3)10-13(2)9-17-19/h4-5,8H,2,6-7,9-11H2,1,3H3. The van der Waals surface area contributed by atoms with Gasteiger partial charge in [0.25, 0.3) is 0 Å². The first kappa shape index (κ1) is 16.8. The number of nitroso groups, excluding NO2 is 1. The van der Waals surface area contributed by atoms with E-state index < -0.39 is 0 Å². The van der Waals surface area contributed by atoms with E-state index in [4.69, 9.17) is 16.3 Å². The fourth-order valence-corrected chi connectivity index (χ4v) is 2.21. The van der Waals surface area contributed by atoms with Gasteiger partial charge in [-0.15, -0.1) is 0 Å². The van der Waals surface area contributed by atoms with E-state index >= 15 is 0 Å². The number of halogens is 1. The zero-order chi connectivity index (χ0) is 15.0. The molecular formula is C15H21ClN2O2. The van der Waals surface area contributed by atoms with Crippen molar-refractivity contribution >= 4 is 11.6 Å². The fourth-order valence-electron chi connectivity index (χ4n) is 1.91. The molecule has 0 aromatic heterocycles. The van der Waals surface area contributed by atoms with Crippen molar-refractivity contribution in [2.24, 2.45) is 5.18 Å². The largest absolute Gasteiger partial charge is 0.383 e. The van der Waals surface area contributed by atoms with Gasteiger partial charge in [-0.2, -0.15) is 4.91 Å². The Morgan fingerprint density at radius 3 is 2.85 bits per heavy atom. The monoisotopic (exact) mass is 296 g/mol. The molecule has 0 atom stereocenters.